The van der Waals surface area contributed by atoms with Gasteiger partial charge in [0.2, 0.25) is 0 Å². The van der Waals surface area contributed by atoms with Crippen LogP contribution in [-0.2, 0) is 0 Å². The molecule has 1 aromatic carbocycles. The second-order valence-corrected chi connectivity index (χ2v) is 4.94. The van der Waals surface area contributed by atoms with Crippen molar-refractivity contribution >= 4 is 33.9 Å². The predicted octanol–water partition coefficient (Wildman–Crippen LogP) is 3.72. The van der Waals surface area contributed by atoms with Crippen LogP contribution in [0.15, 0.2) is 29.8 Å². The Labute approximate surface area is 95.0 Å². The van der Waals surface area contributed by atoms with E-state index in [1.165, 1.54) is 14.7 Å². The quantitative estimate of drug-likeness (QED) is 0.732. The molecular formula is C10H8INS. The van der Waals surface area contributed by atoms with Gasteiger partial charge in [0.25, 0.3) is 0 Å². The van der Waals surface area contributed by atoms with E-state index in [2.05, 4.69) is 52.7 Å². The molecule has 13 heavy (non-hydrogen) atoms. The molecule has 0 amide bonds. The highest BCUT2D eigenvalue weighted by Crippen LogP contribution is 2.26. The average molecular weight is 301 g/mol. The molecule has 0 aliphatic carbocycles. The summed E-state index contributed by atoms with van der Waals surface area (Å²) in [5, 5.41) is 3.12. The van der Waals surface area contributed by atoms with Gasteiger partial charge in [0, 0.05) is 20.7 Å². The minimum atomic E-state index is 1.11. The zero-order chi connectivity index (χ0) is 9.26. The SMILES string of the molecule is Cc1ccc(I)cc1-c1nccs1. The van der Waals surface area contributed by atoms with Crippen molar-refractivity contribution in [2.24, 2.45) is 0 Å². The first-order valence-electron chi connectivity index (χ1n) is 3.93. The van der Waals surface area contributed by atoms with Gasteiger partial charge in [-0.15, -0.1) is 11.3 Å². The van der Waals surface area contributed by atoms with E-state index in [1.807, 2.05) is 11.6 Å². The van der Waals surface area contributed by atoms with Crippen molar-refractivity contribution < 1.29 is 0 Å². The Kier molecular flexibility index (Phi) is 2.64. The highest BCUT2D eigenvalue weighted by atomic mass is 127. The van der Waals surface area contributed by atoms with Crippen LogP contribution in [0.3, 0.4) is 0 Å². The smallest absolute Gasteiger partial charge is 0.123 e. The van der Waals surface area contributed by atoms with Gasteiger partial charge in [0.1, 0.15) is 5.01 Å². The molecule has 0 aliphatic rings. The molecule has 1 nitrogen and oxygen atoms in total. The highest BCUT2D eigenvalue weighted by Gasteiger charge is 2.03. The third-order valence-corrected chi connectivity index (χ3v) is 3.34. The summed E-state index contributed by atoms with van der Waals surface area (Å²) in [6.07, 6.45) is 1.85. The number of aromatic nitrogens is 1. The van der Waals surface area contributed by atoms with Crippen LogP contribution in [0, 0.1) is 10.5 Å². The van der Waals surface area contributed by atoms with Gasteiger partial charge < -0.3 is 0 Å². The van der Waals surface area contributed by atoms with Gasteiger partial charge in [-0.3, -0.25) is 0 Å². The summed E-state index contributed by atoms with van der Waals surface area (Å²) < 4.78 is 1.26. The fraction of sp³-hybridized carbons (Fsp3) is 0.100. The normalized spacial score (nSPS) is 10.3. The summed E-state index contributed by atoms with van der Waals surface area (Å²) >= 11 is 4.01. The molecule has 3 heteroatoms. The lowest BCUT2D eigenvalue weighted by atomic mass is 10.1. The van der Waals surface area contributed by atoms with Crippen LogP contribution in [0.1, 0.15) is 5.56 Å². The van der Waals surface area contributed by atoms with Crippen molar-refractivity contribution in [3.05, 3.63) is 38.9 Å². The Hall–Kier alpha value is -0.420. The van der Waals surface area contributed by atoms with Gasteiger partial charge in [0.05, 0.1) is 0 Å². The monoisotopic (exact) mass is 301 g/mol. The average Bonchev–Trinajstić information content (AvgIpc) is 2.61. The number of hydrogen-bond acceptors (Lipinski definition) is 2. The molecule has 2 rings (SSSR count). The van der Waals surface area contributed by atoms with E-state index in [0.29, 0.717) is 0 Å². The van der Waals surface area contributed by atoms with Gasteiger partial charge in [-0.05, 0) is 47.2 Å². The number of benzene rings is 1. The van der Waals surface area contributed by atoms with E-state index in [0.717, 1.165) is 5.01 Å². The summed E-state index contributed by atoms with van der Waals surface area (Å²) in [6.45, 7) is 2.12. The van der Waals surface area contributed by atoms with Crippen LogP contribution in [0.4, 0.5) is 0 Å². The molecule has 0 N–H and O–H groups in total. The van der Waals surface area contributed by atoms with Crippen LogP contribution in [0.25, 0.3) is 10.6 Å². The van der Waals surface area contributed by atoms with Crippen LogP contribution in [0.2, 0.25) is 0 Å². The minimum Gasteiger partial charge on any atom is -0.245 e. The van der Waals surface area contributed by atoms with E-state index in [1.54, 1.807) is 11.3 Å². The summed E-state index contributed by atoms with van der Waals surface area (Å²) in [7, 11) is 0. The molecule has 2 aromatic rings. The minimum absolute atomic E-state index is 1.11. The Balaban J connectivity index is 2.57. The van der Waals surface area contributed by atoms with Crippen molar-refractivity contribution in [1.82, 2.24) is 4.98 Å². The molecule has 0 aliphatic heterocycles. The molecular weight excluding hydrogens is 293 g/mol. The number of aryl methyl sites for hydroxylation is 1. The van der Waals surface area contributed by atoms with Crippen molar-refractivity contribution in [1.29, 1.82) is 0 Å². The zero-order valence-corrected chi connectivity index (χ0v) is 10.1. The van der Waals surface area contributed by atoms with Crippen molar-refractivity contribution in [3.8, 4) is 10.6 Å². The molecule has 66 valence electrons. The molecule has 0 saturated carbocycles. The largest absolute Gasteiger partial charge is 0.245 e. The summed E-state index contributed by atoms with van der Waals surface area (Å²) in [5.41, 5.74) is 2.54. The predicted molar refractivity (Wildman–Crippen MR) is 65.0 cm³/mol. The molecule has 1 aromatic heterocycles. The molecule has 0 radical (unpaired) electrons. The van der Waals surface area contributed by atoms with E-state index >= 15 is 0 Å². The molecule has 0 unspecified atom stereocenters. The Morgan fingerprint density at radius 1 is 1.38 bits per heavy atom. The standard InChI is InChI=1S/C10H8INS/c1-7-2-3-8(11)6-9(7)10-12-4-5-13-10/h2-6H,1H3. The number of thiazole rings is 1. The summed E-state index contributed by atoms with van der Waals surface area (Å²) in [6, 6.07) is 6.43. The van der Waals surface area contributed by atoms with Gasteiger partial charge in [-0.2, -0.15) is 0 Å². The maximum absolute atomic E-state index is 4.30. The van der Waals surface area contributed by atoms with E-state index in [-0.39, 0.29) is 0 Å². The fourth-order valence-corrected chi connectivity index (χ4v) is 2.39. The maximum atomic E-state index is 4.30. The molecule has 1 heterocycles. The molecule has 0 fully saturated rings. The number of rotatable bonds is 1. The summed E-state index contributed by atoms with van der Waals surface area (Å²) in [4.78, 5) is 4.30. The third-order valence-electron chi connectivity index (χ3n) is 1.86. The topological polar surface area (TPSA) is 12.9 Å². The Morgan fingerprint density at radius 2 is 2.23 bits per heavy atom. The van der Waals surface area contributed by atoms with Crippen LogP contribution in [-0.4, -0.2) is 4.98 Å². The molecule has 0 spiro atoms. The Bertz CT molecular complexity index is 409. The van der Waals surface area contributed by atoms with Crippen LogP contribution >= 0.6 is 33.9 Å². The first-order chi connectivity index (χ1) is 6.27. The lowest BCUT2D eigenvalue weighted by molar-refractivity contribution is 1.37. The second kappa shape index (κ2) is 3.75. The first-order valence-corrected chi connectivity index (χ1v) is 5.89. The number of nitrogens with zero attached hydrogens (tertiary/aromatic N) is 1. The fourth-order valence-electron chi connectivity index (χ4n) is 1.18. The van der Waals surface area contributed by atoms with Crippen molar-refractivity contribution in [2.45, 2.75) is 6.92 Å². The molecule has 0 saturated heterocycles. The highest BCUT2D eigenvalue weighted by molar-refractivity contribution is 14.1. The molecule has 0 bridgehead atoms. The molecule has 0 atom stereocenters. The number of halogens is 1. The third kappa shape index (κ3) is 1.91. The van der Waals surface area contributed by atoms with Crippen molar-refractivity contribution in [3.63, 3.8) is 0 Å². The van der Waals surface area contributed by atoms with Crippen LogP contribution in [0.5, 0.6) is 0 Å². The van der Waals surface area contributed by atoms with Gasteiger partial charge in [0.15, 0.2) is 0 Å². The van der Waals surface area contributed by atoms with Crippen LogP contribution < -0.4 is 0 Å². The van der Waals surface area contributed by atoms with E-state index < -0.39 is 0 Å². The van der Waals surface area contributed by atoms with Gasteiger partial charge in [-0.1, -0.05) is 6.07 Å². The lowest BCUT2D eigenvalue weighted by Gasteiger charge is -2.01. The maximum Gasteiger partial charge on any atom is 0.123 e. The van der Waals surface area contributed by atoms with Gasteiger partial charge in [-0.25, -0.2) is 4.98 Å². The zero-order valence-electron chi connectivity index (χ0n) is 7.12. The van der Waals surface area contributed by atoms with Crippen molar-refractivity contribution in [2.75, 3.05) is 0 Å². The first kappa shape index (κ1) is 9.15. The Morgan fingerprint density at radius 3 is 2.92 bits per heavy atom. The number of hydrogen-bond donors (Lipinski definition) is 0. The summed E-state index contributed by atoms with van der Waals surface area (Å²) in [5.74, 6) is 0. The van der Waals surface area contributed by atoms with Gasteiger partial charge >= 0.3 is 0 Å². The van der Waals surface area contributed by atoms with E-state index in [4.69, 9.17) is 0 Å². The lowest BCUT2D eigenvalue weighted by Crippen LogP contribution is -1.82. The van der Waals surface area contributed by atoms with E-state index in [9.17, 15) is 0 Å². The second-order valence-electron chi connectivity index (χ2n) is 2.80.